The van der Waals surface area contributed by atoms with Crippen molar-refractivity contribution < 1.29 is 14.3 Å². The summed E-state index contributed by atoms with van der Waals surface area (Å²) in [5.74, 6) is -0.890. The Bertz CT molecular complexity index is 390. The van der Waals surface area contributed by atoms with Crippen LogP contribution in [-0.4, -0.2) is 22.4 Å². The lowest BCUT2D eigenvalue weighted by molar-refractivity contribution is -0.150. The van der Waals surface area contributed by atoms with E-state index in [0.717, 1.165) is 32.1 Å². The number of cyclic esters (lactones) is 2. The lowest BCUT2D eigenvalue weighted by Crippen LogP contribution is -2.07. The zero-order valence-electron chi connectivity index (χ0n) is 10.7. The van der Waals surface area contributed by atoms with Crippen LogP contribution in [0, 0.1) is 0 Å². The van der Waals surface area contributed by atoms with Crippen molar-refractivity contribution >= 4 is 35.5 Å². The van der Waals surface area contributed by atoms with Crippen LogP contribution in [0.1, 0.15) is 46.0 Å². The van der Waals surface area contributed by atoms with Crippen LogP contribution in [0.5, 0.6) is 0 Å². The van der Waals surface area contributed by atoms with E-state index in [9.17, 15) is 9.59 Å². The van der Waals surface area contributed by atoms with Gasteiger partial charge in [-0.15, -0.1) is 23.5 Å². The summed E-state index contributed by atoms with van der Waals surface area (Å²) in [6.45, 7) is 4.26. The maximum absolute atomic E-state index is 11.7. The van der Waals surface area contributed by atoms with Gasteiger partial charge in [-0.25, -0.2) is 9.59 Å². The Hall–Kier alpha value is -0.420. The van der Waals surface area contributed by atoms with Crippen LogP contribution in [0.2, 0.25) is 0 Å². The monoisotopic (exact) mass is 286 g/mol. The van der Waals surface area contributed by atoms with Crippen molar-refractivity contribution in [2.75, 3.05) is 0 Å². The summed E-state index contributed by atoms with van der Waals surface area (Å²) >= 11 is 3.05. The van der Waals surface area contributed by atoms with Crippen LogP contribution >= 0.6 is 23.5 Å². The molecule has 0 fully saturated rings. The second-order valence-corrected chi connectivity index (χ2v) is 7.48. The maximum Gasteiger partial charge on any atom is 0.353 e. The van der Waals surface area contributed by atoms with Gasteiger partial charge in [0.1, 0.15) is 9.81 Å². The van der Waals surface area contributed by atoms with E-state index in [2.05, 4.69) is 13.8 Å². The van der Waals surface area contributed by atoms with E-state index in [1.165, 1.54) is 11.8 Å². The Morgan fingerprint density at radius 3 is 2.50 bits per heavy atom. The summed E-state index contributed by atoms with van der Waals surface area (Å²) in [5, 5.41) is 0.804. The highest BCUT2D eigenvalue weighted by Gasteiger charge is 2.36. The van der Waals surface area contributed by atoms with Gasteiger partial charge < -0.3 is 4.74 Å². The summed E-state index contributed by atoms with van der Waals surface area (Å²) in [6, 6.07) is 0. The van der Waals surface area contributed by atoms with Gasteiger partial charge >= 0.3 is 11.9 Å². The van der Waals surface area contributed by atoms with E-state index in [-0.39, 0.29) is 0 Å². The average molecular weight is 286 g/mol. The highest BCUT2D eigenvalue weighted by molar-refractivity contribution is 8.08. The van der Waals surface area contributed by atoms with E-state index in [1.54, 1.807) is 11.8 Å². The summed E-state index contributed by atoms with van der Waals surface area (Å²) < 4.78 is 4.74. The molecule has 0 bridgehead atoms. The van der Waals surface area contributed by atoms with Gasteiger partial charge in [0.25, 0.3) is 0 Å². The molecular weight excluding hydrogens is 268 g/mol. The third-order valence-corrected chi connectivity index (χ3v) is 5.90. The minimum Gasteiger partial charge on any atom is -0.385 e. The molecule has 2 heterocycles. The minimum atomic E-state index is -0.448. The second kappa shape index (κ2) is 6.15. The Morgan fingerprint density at radius 2 is 1.83 bits per heavy atom. The molecule has 2 atom stereocenters. The fourth-order valence-electron chi connectivity index (χ4n) is 2.21. The number of thioether (sulfide) groups is 2. The van der Waals surface area contributed by atoms with Crippen LogP contribution in [0.25, 0.3) is 0 Å². The molecule has 0 aromatic heterocycles. The van der Waals surface area contributed by atoms with Crippen LogP contribution in [-0.2, 0) is 14.3 Å². The van der Waals surface area contributed by atoms with Gasteiger partial charge in [-0.05, 0) is 19.3 Å². The molecule has 0 aromatic rings. The molecule has 0 aromatic carbocycles. The molecule has 2 rings (SSSR count). The molecule has 18 heavy (non-hydrogen) atoms. The first-order valence-electron chi connectivity index (χ1n) is 6.46. The van der Waals surface area contributed by atoms with Crippen LogP contribution in [0.4, 0.5) is 0 Å². The number of esters is 2. The molecule has 100 valence electrons. The molecular formula is C13H18O3S2. The quantitative estimate of drug-likeness (QED) is 0.574. The van der Waals surface area contributed by atoms with Crippen molar-refractivity contribution in [2.24, 2.45) is 0 Å². The summed E-state index contributed by atoms with van der Waals surface area (Å²) in [4.78, 5) is 24.5. The lowest BCUT2D eigenvalue weighted by atomic mass is 10.1. The van der Waals surface area contributed by atoms with E-state index in [1.807, 2.05) is 0 Å². The molecule has 0 saturated carbocycles. The Morgan fingerprint density at radius 1 is 1.17 bits per heavy atom. The Labute approximate surface area is 116 Å². The standard InChI is InChI=1S/C13H18O3S2/c1-3-5-9-7-4-6-8(2)17-10-11(18-9)13(15)16-12(10)14/h8-9H,3-7H2,1-2H3. The molecule has 2 aliphatic rings. The summed E-state index contributed by atoms with van der Waals surface area (Å²) in [5.41, 5.74) is 0. The van der Waals surface area contributed by atoms with Crippen molar-refractivity contribution in [3.05, 3.63) is 9.81 Å². The number of ether oxygens (including phenoxy) is 1. The SMILES string of the molecule is CCCC1CCCC(C)SC2=C(S1)C(=O)OC2=O. The largest absolute Gasteiger partial charge is 0.385 e. The summed E-state index contributed by atoms with van der Waals surface area (Å²) in [7, 11) is 0. The van der Waals surface area contributed by atoms with Crippen LogP contribution in [0.15, 0.2) is 9.81 Å². The fourth-order valence-corrected chi connectivity index (χ4v) is 4.81. The van der Waals surface area contributed by atoms with Crippen molar-refractivity contribution in [2.45, 2.75) is 56.5 Å². The first kappa shape index (κ1) is 14.0. The molecule has 3 nitrogen and oxygen atoms in total. The molecule has 0 N–H and O–H groups in total. The topological polar surface area (TPSA) is 43.4 Å². The molecule has 0 aliphatic carbocycles. The highest BCUT2D eigenvalue weighted by atomic mass is 32.2. The first-order chi connectivity index (χ1) is 8.61. The number of hydrogen-bond donors (Lipinski definition) is 0. The Balaban J connectivity index is 2.24. The van der Waals surface area contributed by atoms with Crippen LogP contribution in [0.3, 0.4) is 0 Å². The number of carbonyl (C=O) groups excluding carboxylic acids is 2. The van der Waals surface area contributed by atoms with E-state index in [4.69, 9.17) is 4.74 Å². The molecule has 5 heteroatoms. The smallest absolute Gasteiger partial charge is 0.353 e. The lowest BCUT2D eigenvalue weighted by Gasteiger charge is -2.14. The van der Waals surface area contributed by atoms with Gasteiger partial charge in [0, 0.05) is 10.5 Å². The predicted octanol–water partition coefficient (Wildman–Crippen LogP) is 3.49. The second-order valence-electron chi connectivity index (χ2n) is 4.72. The molecule has 0 spiro atoms. The maximum atomic E-state index is 11.7. The zero-order valence-corrected chi connectivity index (χ0v) is 12.4. The zero-order chi connectivity index (χ0) is 13.1. The predicted molar refractivity (Wildman–Crippen MR) is 75.3 cm³/mol. The van der Waals surface area contributed by atoms with Gasteiger partial charge in [0.05, 0.1) is 0 Å². The molecule has 2 unspecified atom stereocenters. The normalized spacial score (nSPS) is 29.4. The van der Waals surface area contributed by atoms with Gasteiger partial charge in [-0.1, -0.05) is 26.7 Å². The van der Waals surface area contributed by atoms with Crippen molar-refractivity contribution in [3.63, 3.8) is 0 Å². The van der Waals surface area contributed by atoms with Gasteiger partial charge in [0.15, 0.2) is 0 Å². The molecule has 0 radical (unpaired) electrons. The number of rotatable bonds is 2. The van der Waals surface area contributed by atoms with E-state index < -0.39 is 11.9 Å². The van der Waals surface area contributed by atoms with Crippen molar-refractivity contribution in [1.29, 1.82) is 0 Å². The third-order valence-electron chi connectivity index (χ3n) is 3.11. The van der Waals surface area contributed by atoms with Gasteiger partial charge in [-0.2, -0.15) is 0 Å². The van der Waals surface area contributed by atoms with E-state index >= 15 is 0 Å². The van der Waals surface area contributed by atoms with E-state index in [0.29, 0.717) is 20.3 Å². The molecule has 0 amide bonds. The average Bonchev–Trinajstić information content (AvgIpc) is 2.59. The van der Waals surface area contributed by atoms with Crippen molar-refractivity contribution in [1.82, 2.24) is 0 Å². The van der Waals surface area contributed by atoms with Gasteiger partial charge in [-0.3, -0.25) is 0 Å². The molecule has 0 saturated heterocycles. The first-order valence-corrected chi connectivity index (χ1v) is 8.21. The Kier molecular flexibility index (Phi) is 4.78. The third kappa shape index (κ3) is 3.12. The minimum absolute atomic E-state index is 0.370. The number of carbonyl (C=O) groups is 2. The van der Waals surface area contributed by atoms with Crippen LogP contribution < -0.4 is 0 Å². The number of hydrogen-bond acceptors (Lipinski definition) is 5. The highest BCUT2D eigenvalue weighted by Crippen LogP contribution is 2.42. The van der Waals surface area contributed by atoms with Gasteiger partial charge in [0.2, 0.25) is 0 Å². The fraction of sp³-hybridized carbons (Fsp3) is 0.692. The summed E-state index contributed by atoms with van der Waals surface area (Å²) in [6.07, 6.45) is 5.55. The van der Waals surface area contributed by atoms with Crippen molar-refractivity contribution in [3.8, 4) is 0 Å². The molecule has 2 aliphatic heterocycles.